The maximum absolute atomic E-state index is 12.9. The third kappa shape index (κ3) is 3.84. The van der Waals surface area contributed by atoms with Gasteiger partial charge >= 0.3 is 0 Å². The largest absolute Gasteiger partial charge is 0.492 e. The van der Waals surface area contributed by atoms with Crippen LogP contribution in [-0.2, 0) is 24.4 Å². The van der Waals surface area contributed by atoms with Crippen LogP contribution in [0.1, 0.15) is 36.4 Å². The van der Waals surface area contributed by atoms with Gasteiger partial charge in [-0.2, -0.15) is 5.10 Å². The van der Waals surface area contributed by atoms with E-state index in [4.69, 9.17) is 4.74 Å². The second-order valence-electron chi connectivity index (χ2n) is 7.19. The number of carbonyl (C=O) groups is 1. The Kier molecular flexibility index (Phi) is 5.13. The zero-order chi connectivity index (χ0) is 18.8. The monoisotopic (exact) mass is 370 g/mol. The van der Waals surface area contributed by atoms with Crippen LogP contribution < -0.4 is 4.74 Å². The van der Waals surface area contributed by atoms with Crippen LogP contribution in [0.25, 0.3) is 0 Å². The summed E-state index contributed by atoms with van der Waals surface area (Å²) in [5.74, 6) is 1.04. The Morgan fingerprint density at radius 2 is 2.11 bits per heavy atom. The maximum Gasteiger partial charge on any atom is 0.237 e. The van der Waals surface area contributed by atoms with Crippen LogP contribution in [0, 0.1) is 0 Å². The molecule has 144 valence electrons. The summed E-state index contributed by atoms with van der Waals surface area (Å²) in [4.78, 5) is 16.9. The Labute approximate surface area is 159 Å². The Bertz CT molecular complexity index is 819. The zero-order valence-electron chi connectivity index (χ0n) is 15.7. The molecule has 27 heavy (non-hydrogen) atoms. The van der Waals surface area contributed by atoms with Gasteiger partial charge in [-0.25, -0.2) is 0 Å². The molecule has 0 bridgehead atoms. The van der Waals surface area contributed by atoms with E-state index in [2.05, 4.69) is 16.1 Å². The molecule has 0 aliphatic carbocycles. The van der Waals surface area contributed by atoms with Gasteiger partial charge in [-0.15, -0.1) is 0 Å². The van der Waals surface area contributed by atoms with E-state index in [1.807, 2.05) is 40.8 Å². The number of nitrogens with zero attached hydrogens (tertiary/aromatic N) is 4. The number of hydrogen-bond acceptors (Lipinski definition) is 5. The van der Waals surface area contributed by atoms with E-state index in [0.717, 1.165) is 30.1 Å². The van der Waals surface area contributed by atoms with E-state index in [1.165, 1.54) is 0 Å². The van der Waals surface area contributed by atoms with Crippen molar-refractivity contribution in [3.8, 4) is 5.75 Å². The van der Waals surface area contributed by atoms with Crippen molar-refractivity contribution in [3.05, 3.63) is 47.3 Å². The van der Waals surface area contributed by atoms with Crippen LogP contribution >= 0.6 is 0 Å². The number of hydrogen-bond donors (Lipinski definition) is 1. The molecule has 1 atom stereocenters. The Hall–Kier alpha value is -2.38. The molecule has 0 saturated heterocycles. The van der Waals surface area contributed by atoms with E-state index in [0.29, 0.717) is 44.9 Å². The number of carbonyl (C=O) groups excluding carboxylic acids is 1. The highest BCUT2D eigenvalue weighted by Gasteiger charge is 2.25. The lowest BCUT2D eigenvalue weighted by Gasteiger charge is -2.30. The molecule has 0 saturated carbocycles. The van der Waals surface area contributed by atoms with Gasteiger partial charge in [0.05, 0.1) is 37.1 Å². The standard InChI is InChI=1S/C20H26N4O3/c1-2-18(25)17-11-16-13-23(7-8-24(16)21-17)20(26)14-22-9-10-27-19-6-4-3-5-15(19)12-22/h3-6,11,18,25H,2,7-10,12-14H2,1H3/t18-/m0/s1. The lowest BCUT2D eigenvalue weighted by atomic mass is 10.2. The van der Waals surface area contributed by atoms with Crippen molar-refractivity contribution in [1.82, 2.24) is 19.6 Å². The number of aliphatic hydroxyl groups excluding tert-OH is 1. The van der Waals surface area contributed by atoms with Crippen molar-refractivity contribution < 1.29 is 14.6 Å². The van der Waals surface area contributed by atoms with E-state index in [1.54, 1.807) is 0 Å². The number of rotatable bonds is 4. The Balaban J connectivity index is 1.40. The lowest BCUT2D eigenvalue weighted by Crippen LogP contribution is -2.44. The molecule has 0 radical (unpaired) electrons. The van der Waals surface area contributed by atoms with Gasteiger partial charge in [-0.3, -0.25) is 14.4 Å². The van der Waals surface area contributed by atoms with Crippen LogP contribution in [0.3, 0.4) is 0 Å². The van der Waals surface area contributed by atoms with Gasteiger partial charge in [0.15, 0.2) is 0 Å². The fourth-order valence-corrected chi connectivity index (χ4v) is 3.68. The third-order valence-electron chi connectivity index (χ3n) is 5.29. The summed E-state index contributed by atoms with van der Waals surface area (Å²) in [5.41, 5.74) is 2.81. The summed E-state index contributed by atoms with van der Waals surface area (Å²) in [6.07, 6.45) is 0.0989. The third-order valence-corrected chi connectivity index (χ3v) is 5.29. The van der Waals surface area contributed by atoms with Gasteiger partial charge in [-0.1, -0.05) is 25.1 Å². The first kappa shape index (κ1) is 18.0. The fraction of sp³-hybridized carbons (Fsp3) is 0.500. The quantitative estimate of drug-likeness (QED) is 0.885. The molecule has 1 N–H and O–H groups in total. The highest BCUT2D eigenvalue weighted by molar-refractivity contribution is 5.78. The normalized spacial score (nSPS) is 18.2. The summed E-state index contributed by atoms with van der Waals surface area (Å²) in [6, 6.07) is 9.93. The predicted molar refractivity (Wildman–Crippen MR) is 100 cm³/mol. The number of aromatic nitrogens is 2. The minimum absolute atomic E-state index is 0.124. The van der Waals surface area contributed by atoms with Gasteiger partial charge in [0.2, 0.25) is 5.91 Å². The molecule has 2 aromatic rings. The van der Waals surface area contributed by atoms with Crippen LogP contribution in [0.5, 0.6) is 5.75 Å². The first-order chi connectivity index (χ1) is 13.1. The second kappa shape index (κ2) is 7.70. The smallest absolute Gasteiger partial charge is 0.237 e. The molecular formula is C20H26N4O3. The minimum atomic E-state index is -0.538. The molecule has 1 aromatic heterocycles. The summed E-state index contributed by atoms with van der Waals surface area (Å²) >= 11 is 0. The minimum Gasteiger partial charge on any atom is -0.492 e. The number of para-hydroxylation sites is 1. The molecule has 2 aliphatic heterocycles. The van der Waals surface area contributed by atoms with E-state index >= 15 is 0 Å². The molecular weight excluding hydrogens is 344 g/mol. The number of aliphatic hydroxyl groups is 1. The van der Waals surface area contributed by atoms with Gasteiger partial charge in [-0.05, 0) is 18.6 Å². The average Bonchev–Trinajstić information content (AvgIpc) is 3.01. The van der Waals surface area contributed by atoms with Crippen LogP contribution in [0.15, 0.2) is 30.3 Å². The fourth-order valence-electron chi connectivity index (χ4n) is 3.68. The van der Waals surface area contributed by atoms with Crippen molar-refractivity contribution in [2.45, 2.75) is 39.1 Å². The molecule has 4 rings (SSSR count). The molecule has 2 aliphatic rings. The first-order valence-corrected chi connectivity index (χ1v) is 9.59. The molecule has 7 heteroatoms. The summed E-state index contributed by atoms with van der Waals surface area (Å²) in [5, 5.41) is 14.5. The Morgan fingerprint density at radius 1 is 1.26 bits per heavy atom. The molecule has 0 fully saturated rings. The van der Waals surface area contributed by atoms with Crippen molar-refractivity contribution in [2.24, 2.45) is 0 Å². The molecule has 1 amide bonds. The summed E-state index contributed by atoms with van der Waals surface area (Å²) in [7, 11) is 0. The highest BCUT2D eigenvalue weighted by Crippen LogP contribution is 2.23. The van der Waals surface area contributed by atoms with Gasteiger partial charge in [0, 0.05) is 25.2 Å². The summed E-state index contributed by atoms with van der Waals surface area (Å²) in [6.45, 7) is 6.23. The Morgan fingerprint density at radius 3 is 2.96 bits per heavy atom. The number of ether oxygens (including phenoxy) is 1. The summed E-state index contributed by atoms with van der Waals surface area (Å²) < 4.78 is 7.70. The second-order valence-corrected chi connectivity index (χ2v) is 7.19. The molecule has 7 nitrogen and oxygen atoms in total. The number of fused-ring (bicyclic) bond motifs is 2. The number of amides is 1. The van der Waals surface area contributed by atoms with Crippen LogP contribution in [0.4, 0.5) is 0 Å². The van der Waals surface area contributed by atoms with Crippen LogP contribution in [0.2, 0.25) is 0 Å². The topological polar surface area (TPSA) is 70.8 Å². The van der Waals surface area contributed by atoms with Crippen molar-refractivity contribution >= 4 is 5.91 Å². The van der Waals surface area contributed by atoms with E-state index in [9.17, 15) is 9.90 Å². The molecule has 1 aromatic carbocycles. The van der Waals surface area contributed by atoms with Crippen LogP contribution in [-0.4, -0.2) is 56.8 Å². The highest BCUT2D eigenvalue weighted by atomic mass is 16.5. The van der Waals surface area contributed by atoms with E-state index in [-0.39, 0.29) is 5.91 Å². The maximum atomic E-state index is 12.9. The van der Waals surface area contributed by atoms with Crippen molar-refractivity contribution in [3.63, 3.8) is 0 Å². The molecule has 0 unspecified atom stereocenters. The van der Waals surface area contributed by atoms with Crippen molar-refractivity contribution in [1.29, 1.82) is 0 Å². The molecule has 0 spiro atoms. The van der Waals surface area contributed by atoms with E-state index < -0.39 is 6.10 Å². The lowest BCUT2D eigenvalue weighted by molar-refractivity contribution is -0.134. The predicted octanol–water partition coefficient (Wildman–Crippen LogP) is 1.56. The van der Waals surface area contributed by atoms with Gasteiger partial charge < -0.3 is 14.7 Å². The molecule has 3 heterocycles. The SMILES string of the molecule is CC[C@H](O)c1cc2n(n1)CCN(C(=O)CN1CCOc3ccccc3C1)C2. The van der Waals surface area contributed by atoms with Gasteiger partial charge in [0.25, 0.3) is 0 Å². The van der Waals surface area contributed by atoms with Gasteiger partial charge in [0.1, 0.15) is 12.4 Å². The first-order valence-electron chi connectivity index (χ1n) is 9.59. The zero-order valence-corrected chi connectivity index (χ0v) is 15.7. The number of benzene rings is 1. The van der Waals surface area contributed by atoms with Crippen molar-refractivity contribution in [2.75, 3.05) is 26.2 Å². The average molecular weight is 370 g/mol.